The van der Waals surface area contributed by atoms with Crippen LogP contribution in [0.15, 0.2) is 42.6 Å². The lowest BCUT2D eigenvalue weighted by atomic mass is 10.1. The van der Waals surface area contributed by atoms with Gasteiger partial charge in [-0.1, -0.05) is 41.9 Å². The second-order valence-corrected chi connectivity index (χ2v) is 5.76. The van der Waals surface area contributed by atoms with E-state index in [1.54, 1.807) is 13.0 Å². The largest absolute Gasteiger partial charge is 0.412 e. The second kappa shape index (κ2) is 6.36. The molecule has 3 rings (SSSR count). The maximum atomic E-state index is 13.4. The molecular weight excluding hydrogens is 357 g/mol. The topological polar surface area (TPSA) is 59.3 Å². The number of carbonyl (C=O) groups is 1. The van der Waals surface area contributed by atoms with E-state index in [1.807, 2.05) is 5.32 Å². The first kappa shape index (κ1) is 17.2. The molecule has 130 valence electrons. The number of hydrogen-bond acceptors (Lipinski definition) is 3. The van der Waals surface area contributed by atoms with Gasteiger partial charge in [-0.05, 0) is 18.6 Å². The monoisotopic (exact) mass is 368 g/mol. The van der Waals surface area contributed by atoms with Gasteiger partial charge >= 0.3 is 6.18 Å². The van der Waals surface area contributed by atoms with Gasteiger partial charge < -0.3 is 5.32 Å². The number of carbonyl (C=O) groups excluding carboxylic acids is 1. The SMILES string of the molecule is Cc1cc(Cl)nc2c(C(=O)NC(c3ccccc3)C(F)(F)F)cnn12. The van der Waals surface area contributed by atoms with Crippen LogP contribution in [-0.4, -0.2) is 26.7 Å². The summed E-state index contributed by atoms with van der Waals surface area (Å²) in [5.41, 5.74) is 0.541. The quantitative estimate of drug-likeness (QED) is 0.717. The Kier molecular flexibility index (Phi) is 4.38. The van der Waals surface area contributed by atoms with Crippen molar-refractivity contribution in [2.75, 3.05) is 0 Å². The van der Waals surface area contributed by atoms with Gasteiger partial charge in [-0.15, -0.1) is 0 Å². The van der Waals surface area contributed by atoms with E-state index in [-0.39, 0.29) is 21.9 Å². The molecule has 1 atom stereocenters. The van der Waals surface area contributed by atoms with E-state index in [4.69, 9.17) is 11.6 Å². The first-order valence-electron chi connectivity index (χ1n) is 7.21. The molecule has 0 aliphatic heterocycles. The predicted octanol–water partition coefficient (Wildman–Crippen LogP) is 3.72. The van der Waals surface area contributed by atoms with Gasteiger partial charge in [0.2, 0.25) is 0 Å². The Balaban J connectivity index is 1.98. The number of alkyl halides is 3. The third-order valence-corrected chi connectivity index (χ3v) is 3.79. The predicted molar refractivity (Wildman–Crippen MR) is 85.4 cm³/mol. The number of nitrogens with zero attached hydrogens (tertiary/aromatic N) is 3. The molecule has 1 aromatic carbocycles. The van der Waals surface area contributed by atoms with E-state index in [2.05, 4.69) is 10.1 Å². The fourth-order valence-corrected chi connectivity index (χ4v) is 2.68. The second-order valence-electron chi connectivity index (χ2n) is 5.37. The molecule has 3 aromatic rings. The molecule has 0 fully saturated rings. The van der Waals surface area contributed by atoms with Crippen molar-refractivity contribution in [3.63, 3.8) is 0 Å². The zero-order valence-electron chi connectivity index (χ0n) is 12.9. The van der Waals surface area contributed by atoms with E-state index < -0.39 is 18.1 Å². The van der Waals surface area contributed by atoms with Crippen LogP contribution in [0.3, 0.4) is 0 Å². The van der Waals surface area contributed by atoms with Crippen LogP contribution in [0.4, 0.5) is 13.2 Å². The van der Waals surface area contributed by atoms with Gasteiger partial charge in [0.25, 0.3) is 5.91 Å². The molecule has 2 heterocycles. The fraction of sp³-hybridized carbons (Fsp3) is 0.188. The lowest BCUT2D eigenvalue weighted by molar-refractivity contribution is -0.155. The van der Waals surface area contributed by atoms with Gasteiger partial charge in [0.05, 0.1) is 6.20 Å². The Bertz CT molecular complexity index is 924. The third-order valence-electron chi connectivity index (χ3n) is 3.60. The molecule has 9 heteroatoms. The molecule has 0 aliphatic carbocycles. The minimum Gasteiger partial charge on any atom is -0.337 e. The third kappa shape index (κ3) is 3.43. The van der Waals surface area contributed by atoms with Crippen molar-refractivity contribution in [2.24, 2.45) is 0 Å². The summed E-state index contributed by atoms with van der Waals surface area (Å²) in [5, 5.41) is 6.10. The normalized spacial score (nSPS) is 13.0. The van der Waals surface area contributed by atoms with Crippen LogP contribution < -0.4 is 5.32 Å². The standard InChI is InChI=1S/C16H12ClF3N4O/c1-9-7-12(17)22-14-11(8-21-24(9)14)15(25)23-13(16(18,19)20)10-5-3-2-4-6-10/h2-8,13H,1H3,(H,23,25). The van der Waals surface area contributed by atoms with E-state index >= 15 is 0 Å². The number of rotatable bonds is 3. The van der Waals surface area contributed by atoms with Gasteiger partial charge in [-0.3, -0.25) is 4.79 Å². The highest BCUT2D eigenvalue weighted by Gasteiger charge is 2.42. The minimum absolute atomic E-state index is 0.0676. The van der Waals surface area contributed by atoms with Crippen LogP contribution in [0.2, 0.25) is 5.15 Å². The number of aryl methyl sites for hydroxylation is 1. The van der Waals surface area contributed by atoms with Crippen LogP contribution in [0.1, 0.15) is 27.7 Å². The van der Waals surface area contributed by atoms with Gasteiger partial charge in [0.15, 0.2) is 11.7 Å². The van der Waals surface area contributed by atoms with Crippen molar-refractivity contribution in [3.05, 3.63) is 64.6 Å². The summed E-state index contributed by atoms with van der Waals surface area (Å²) >= 11 is 5.87. The number of fused-ring (bicyclic) bond motifs is 1. The van der Waals surface area contributed by atoms with Crippen LogP contribution in [0, 0.1) is 6.92 Å². The Morgan fingerprint density at radius 1 is 1.28 bits per heavy atom. The first-order chi connectivity index (χ1) is 11.8. The highest BCUT2D eigenvalue weighted by atomic mass is 35.5. The molecule has 0 saturated carbocycles. The Morgan fingerprint density at radius 2 is 1.96 bits per heavy atom. The van der Waals surface area contributed by atoms with Gasteiger partial charge in [0.1, 0.15) is 10.7 Å². The Hall–Kier alpha value is -2.61. The summed E-state index contributed by atoms with van der Waals surface area (Å²) in [5.74, 6) is -0.935. The maximum Gasteiger partial charge on any atom is 0.412 e. The van der Waals surface area contributed by atoms with Gasteiger partial charge in [-0.2, -0.15) is 18.3 Å². The first-order valence-corrected chi connectivity index (χ1v) is 7.58. The molecule has 1 unspecified atom stereocenters. The lowest BCUT2D eigenvalue weighted by Crippen LogP contribution is -2.38. The highest BCUT2D eigenvalue weighted by molar-refractivity contribution is 6.29. The smallest absolute Gasteiger partial charge is 0.337 e. The van der Waals surface area contributed by atoms with Crippen molar-refractivity contribution >= 4 is 23.2 Å². The molecule has 0 spiro atoms. The van der Waals surface area contributed by atoms with Crippen LogP contribution >= 0.6 is 11.6 Å². The molecule has 0 bridgehead atoms. The average molecular weight is 369 g/mol. The number of amides is 1. The zero-order valence-corrected chi connectivity index (χ0v) is 13.6. The van der Waals surface area contributed by atoms with Crippen molar-refractivity contribution in [2.45, 2.75) is 19.1 Å². The summed E-state index contributed by atoms with van der Waals surface area (Å²) in [6.07, 6.45) is -3.49. The van der Waals surface area contributed by atoms with E-state index in [0.717, 1.165) is 0 Å². The molecule has 0 aliphatic rings. The zero-order chi connectivity index (χ0) is 18.2. The fourth-order valence-electron chi connectivity index (χ4n) is 2.44. The van der Waals surface area contributed by atoms with Crippen molar-refractivity contribution in [1.29, 1.82) is 0 Å². The average Bonchev–Trinajstić information content (AvgIpc) is 2.96. The highest BCUT2D eigenvalue weighted by Crippen LogP contribution is 2.33. The van der Waals surface area contributed by atoms with Crippen molar-refractivity contribution in [1.82, 2.24) is 19.9 Å². The van der Waals surface area contributed by atoms with Crippen LogP contribution in [-0.2, 0) is 0 Å². The number of halogens is 4. The summed E-state index contributed by atoms with van der Waals surface area (Å²) < 4.78 is 41.5. The minimum atomic E-state index is -4.65. The van der Waals surface area contributed by atoms with Crippen molar-refractivity contribution < 1.29 is 18.0 Å². The maximum absolute atomic E-state index is 13.4. The van der Waals surface area contributed by atoms with E-state index in [9.17, 15) is 18.0 Å². The number of aromatic nitrogens is 3. The molecule has 2 aromatic heterocycles. The lowest BCUT2D eigenvalue weighted by Gasteiger charge is -2.21. The summed E-state index contributed by atoms with van der Waals surface area (Å²) in [4.78, 5) is 16.4. The summed E-state index contributed by atoms with van der Waals surface area (Å²) in [6, 6.07) is 6.53. The number of nitrogens with one attached hydrogen (secondary N) is 1. The summed E-state index contributed by atoms with van der Waals surface area (Å²) in [7, 11) is 0. The van der Waals surface area contributed by atoms with Gasteiger partial charge in [0, 0.05) is 5.69 Å². The van der Waals surface area contributed by atoms with Crippen LogP contribution in [0.5, 0.6) is 0 Å². The van der Waals surface area contributed by atoms with Gasteiger partial charge in [-0.25, -0.2) is 9.50 Å². The molecular formula is C16H12ClF3N4O. The molecule has 0 saturated heterocycles. The molecule has 0 radical (unpaired) electrons. The van der Waals surface area contributed by atoms with Crippen LogP contribution in [0.25, 0.3) is 5.65 Å². The van der Waals surface area contributed by atoms with Crippen molar-refractivity contribution in [3.8, 4) is 0 Å². The molecule has 25 heavy (non-hydrogen) atoms. The molecule has 5 nitrogen and oxygen atoms in total. The molecule has 1 amide bonds. The number of benzene rings is 1. The Labute approximate surface area is 145 Å². The summed E-state index contributed by atoms with van der Waals surface area (Å²) in [6.45, 7) is 1.69. The Morgan fingerprint density at radius 3 is 2.60 bits per heavy atom. The van der Waals surface area contributed by atoms with E-state index in [1.165, 1.54) is 41.0 Å². The van der Waals surface area contributed by atoms with E-state index in [0.29, 0.717) is 5.69 Å². The number of hydrogen-bond donors (Lipinski definition) is 1. The molecule has 1 N–H and O–H groups in total.